The van der Waals surface area contributed by atoms with Crippen molar-refractivity contribution >= 4 is 47.3 Å². The van der Waals surface area contributed by atoms with Crippen LogP contribution in [0.1, 0.15) is 84.6 Å². The highest BCUT2D eigenvalue weighted by molar-refractivity contribution is 6.24. The van der Waals surface area contributed by atoms with Crippen molar-refractivity contribution in [1.29, 1.82) is 0 Å². The van der Waals surface area contributed by atoms with E-state index in [-0.39, 0.29) is 22.6 Å². The molecule has 6 rings (SSSR count). The van der Waals surface area contributed by atoms with E-state index in [1.165, 1.54) is 16.7 Å². The zero-order valence-corrected chi connectivity index (χ0v) is 29.2. The van der Waals surface area contributed by atoms with Gasteiger partial charge >= 0.3 is 0 Å². The SMILES string of the molecule is COc1ccc(-c2ccc(/C=C/c3nc(C4CCC(Cl)C[C@@H]4Cl)cn3CCCC(=O)NCCCc3cccc4c3CCC=C4)cc2)cc1. The highest BCUT2D eigenvalue weighted by Crippen LogP contribution is 2.38. The van der Waals surface area contributed by atoms with Crippen molar-refractivity contribution in [3.63, 3.8) is 0 Å². The van der Waals surface area contributed by atoms with E-state index in [9.17, 15) is 4.79 Å². The molecule has 1 fully saturated rings. The maximum atomic E-state index is 12.8. The van der Waals surface area contributed by atoms with Crippen molar-refractivity contribution in [3.05, 3.63) is 113 Å². The number of nitrogens with zero attached hydrogens (tertiary/aromatic N) is 2. The molecule has 0 aliphatic heterocycles. The number of aromatic nitrogens is 2. The van der Waals surface area contributed by atoms with Crippen molar-refractivity contribution in [2.24, 2.45) is 0 Å². The predicted octanol–water partition coefficient (Wildman–Crippen LogP) is 9.70. The number of halogens is 2. The molecule has 3 aromatic carbocycles. The van der Waals surface area contributed by atoms with E-state index in [1.54, 1.807) is 7.11 Å². The Morgan fingerprint density at radius 3 is 2.56 bits per heavy atom. The number of methoxy groups -OCH3 is 1. The van der Waals surface area contributed by atoms with Gasteiger partial charge in [-0.2, -0.15) is 0 Å². The van der Waals surface area contributed by atoms with Crippen LogP contribution >= 0.6 is 23.2 Å². The Bertz CT molecular complexity index is 1730. The lowest BCUT2D eigenvalue weighted by Crippen LogP contribution is -2.25. The maximum absolute atomic E-state index is 12.8. The van der Waals surface area contributed by atoms with Gasteiger partial charge in [-0.15, -0.1) is 23.2 Å². The summed E-state index contributed by atoms with van der Waals surface area (Å²) in [6, 6.07) is 23.2. The molecular formula is C41H45Cl2N3O2. The van der Waals surface area contributed by atoms with E-state index in [0.717, 1.165) is 85.3 Å². The number of rotatable bonds is 13. The molecule has 48 heavy (non-hydrogen) atoms. The highest BCUT2D eigenvalue weighted by Gasteiger charge is 2.31. The molecule has 4 aromatic rings. The fourth-order valence-electron chi connectivity index (χ4n) is 6.88. The minimum Gasteiger partial charge on any atom is -0.497 e. The molecule has 7 heteroatoms. The monoisotopic (exact) mass is 681 g/mol. The molecule has 0 radical (unpaired) electrons. The Kier molecular flexibility index (Phi) is 11.7. The summed E-state index contributed by atoms with van der Waals surface area (Å²) in [6.07, 6.45) is 18.8. The summed E-state index contributed by atoms with van der Waals surface area (Å²) in [5.41, 5.74) is 8.62. The lowest BCUT2D eigenvalue weighted by atomic mass is 9.86. The molecular weight excluding hydrogens is 637 g/mol. The first-order valence-corrected chi connectivity index (χ1v) is 18.2. The molecule has 0 bridgehead atoms. The van der Waals surface area contributed by atoms with Gasteiger partial charge in [0.1, 0.15) is 11.6 Å². The van der Waals surface area contributed by atoms with Gasteiger partial charge in [-0.1, -0.05) is 72.8 Å². The van der Waals surface area contributed by atoms with Gasteiger partial charge in [0.05, 0.1) is 12.8 Å². The Hall–Kier alpha value is -3.80. The second kappa shape index (κ2) is 16.5. The summed E-state index contributed by atoms with van der Waals surface area (Å²) in [7, 11) is 1.68. The van der Waals surface area contributed by atoms with E-state index < -0.39 is 0 Å². The second-order valence-corrected chi connectivity index (χ2v) is 14.1. The third kappa shape index (κ3) is 8.80. The number of carbonyl (C=O) groups is 1. The largest absolute Gasteiger partial charge is 0.497 e. The van der Waals surface area contributed by atoms with Crippen molar-refractivity contribution < 1.29 is 9.53 Å². The molecule has 1 saturated carbocycles. The van der Waals surface area contributed by atoms with E-state index in [4.69, 9.17) is 32.9 Å². The number of amides is 1. The van der Waals surface area contributed by atoms with Gasteiger partial charge in [0.25, 0.3) is 0 Å². The van der Waals surface area contributed by atoms with Crippen LogP contribution in [0.5, 0.6) is 5.75 Å². The van der Waals surface area contributed by atoms with Crippen LogP contribution in [-0.2, 0) is 24.2 Å². The van der Waals surface area contributed by atoms with Crippen LogP contribution in [0.2, 0.25) is 0 Å². The molecule has 5 nitrogen and oxygen atoms in total. The lowest BCUT2D eigenvalue weighted by Gasteiger charge is -2.28. The number of alkyl halides is 2. The van der Waals surface area contributed by atoms with Gasteiger partial charge in [-0.3, -0.25) is 4.79 Å². The Morgan fingerprint density at radius 2 is 1.79 bits per heavy atom. The summed E-state index contributed by atoms with van der Waals surface area (Å²) in [5, 5.41) is 3.23. The topological polar surface area (TPSA) is 56.2 Å². The maximum Gasteiger partial charge on any atom is 0.220 e. The minimum atomic E-state index is -0.0319. The van der Waals surface area contributed by atoms with Crippen LogP contribution in [0.15, 0.2) is 79.0 Å². The Balaban J connectivity index is 1.06. The van der Waals surface area contributed by atoms with E-state index in [1.807, 2.05) is 12.1 Å². The normalized spacial score (nSPS) is 18.9. The average molecular weight is 683 g/mol. The molecule has 1 amide bonds. The first-order chi connectivity index (χ1) is 23.5. The zero-order chi connectivity index (χ0) is 33.3. The molecule has 2 aliphatic carbocycles. The van der Waals surface area contributed by atoms with Crippen molar-refractivity contribution in [3.8, 4) is 16.9 Å². The summed E-state index contributed by atoms with van der Waals surface area (Å²) in [5.74, 6) is 2.00. The zero-order valence-electron chi connectivity index (χ0n) is 27.7. The standard InChI is InChI=1S/C41H45Cl2N3O2/c1-48-35-21-18-31(19-22-35)30-16-13-29(14-17-30)15-24-40-45-39(37-23-20-34(42)27-38(37)43)28-46(40)26-6-12-41(47)44-25-5-10-33-9-4-8-32-7-2-3-11-36(32)33/h2,4,7-9,13-19,21-22,24,28,34,37-38H,3,5-6,10-12,20,23,25-27H2,1H3,(H,44,47)/b24-15+/t34?,37?,38-/m0/s1. The van der Waals surface area contributed by atoms with E-state index >= 15 is 0 Å². The quantitative estimate of drug-likeness (QED) is 0.113. The third-order valence-electron chi connectivity index (χ3n) is 9.59. The summed E-state index contributed by atoms with van der Waals surface area (Å²) < 4.78 is 7.47. The molecule has 1 heterocycles. The first-order valence-electron chi connectivity index (χ1n) is 17.3. The number of fused-ring (bicyclic) bond motifs is 1. The van der Waals surface area contributed by atoms with Gasteiger partial charge in [0.2, 0.25) is 5.91 Å². The highest BCUT2D eigenvalue weighted by atomic mass is 35.5. The molecule has 2 aliphatic rings. The fourth-order valence-corrected chi connectivity index (χ4v) is 7.76. The van der Waals surface area contributed by atoms with Crippen LogP contribution < -0.4 is 10.1 Å². The smallest absolute Gasteiger partial charge is 0.220 e. The molecule has 1 aromatic heterocycles. The predicted molar refractivity (Wildman–Crippen MR) is 200 cm³/mol. The number of allylic oxidation sites excluding steroid dienone is 1. The van der Waals surface area contributed by atoms with Crippen molar-refractivity contribution in [1.82, 2.24) is 14.9 Å². The number of hydrogen-bond donors (Lipinski definition) is 1. The number of imidazole rings is 1. The second-order valence-electron chi connectivity index (χ2n) is 12.9. The van der Waals surface area contributed by atoms with Crippen LogP contribution in [0.3, 0.4) is 0 Å². The summed E-state index contributed by atoms with van der Waals surface area (Å²) in [6.45, 7) is 1.40. The Morgan fingerprint density at radius 1 is 1.00 bits per heavy atom. The van der Waals surface area contributed by atoms with Gasteiger partial charge < -0.3 is 14.6 Å². The number of nitrogens with one attached hydrogen (secondary N) is 1. The van der Waals surface area contributed by atoms with E-state index in [0.29, 0.717) is 19.5 Å². The van der Waals surface area contributed by atoms with Crippen LogP contribution in [0.25, 0.3) is 29.4 Å². The van der Waals surface area contributed by atoms with Crippen LogP contribution in [0, 0.1) is 0 Å². The number of benzene rings is 3. The van der Waals surface area contributed by atoms with Gasteiger partial charge in [-0.25, -0.2) is 4.98 Å². The average Bonchev–Trinajstić information content (AvgIpc) is 3.51. The van der Waals surface area contributed by atoms with Gasteiger partial charge in [-0.05, 0) is 103 Å². The van der Waals surface area contributed by atoms with E-state index in [2.05, 4.69) is 95.0 Å². The molecule has 0 saturated heterocycles. The molecule has 0 spiro atoms. The van der Waals surface area contributed by atoms with Gasteiger partial charge in [0, 0.05) is 42.4 Å². The number of ether oxygens (including phenoxy) is 1. The number of hydrogen-bond acceptors (Lipinski definition) is 3. The minimum absolute atomic E-state index is 0.0319. The fraction of sp³-hybridized carbons (Fsp3) is 0.366. The van der Waals surface area contributed by atoms with Crippen molar-refractivity contribution in [2.45, 2.75) is 81.0 Å². The first kappa shape index (κ1) is 34.1. The van der Waals surface area contributed by atoms with Crippen molar-refractivity contribution in [2.75, 3.05) is 13.7 Å². The third-order valence-corrected chi connectivity index (χ3v) is 10.5. The molecule has 1 N–H and O–H groups in total. The molecule has 3 atom stereocenters. The molecule has 250 valence electrons. The lowest BCUT2D eigenvalue weighted by molar-refractivity contribution is -0.121. The summed E-state index contributed by atoms with van der Waals surface area (Å²) >= 11 is 13.2. The summed E-state index contributed by atoms with van der Waals surface area (Å²) in [4.78, 5) is 17.8. The van der Waals surface area contributed by atoms with Gasteiger partial charge in [0.15, 0.2) is 0 Å². The van der Waals surface area contributed by atoms with Crippen LogP contribution in [-0.4, -0.2) is 39.9 Å². The van der Waals surface area contributed by atoms with Crippen LogP contribution in [0.4, 0.5) is 0 Å². The number of aryl methyl sites for hydroxylation is 2. The number of carbonyl (C=O) groups excluding carboxylic acids is 1. The Labute approximate surface area is 295 Å². The molecule has 2 unspecified atom stereocenters.